The van der Waals surface area contributed by atoms with Crippen LogP contribution in [0.2, 0.25) is 0 Å². The molecule has 2 bridgehead atoms. The smallest absolute Gasteiger partial charge is 0.0514 e. The van der Waals surface area contributed by atoms with Crippen LogP contribution in [0.5, 0.6) is 0 Å². The molecular formula is C21H33N3. The van der Waals surface area contributed by atoms with E-state index in [2.05, 4.69) is 20.8 Å². The molecule has 6 aliphatic rings. The Morgan fingerprint density at radius 1 is 0.875 bits per heavy atom. The number of hydrogen-bond acceptors (Lipinski definition) is 3. The fraction of sp³-hybridized carbons (Fsp3) is 0.905. The Morgan fingerprint density at radius 3 is 2.67 bits per heavy atom. The Morgan fingerprint density at radius 2 is 1.71 bits per heavy atom. The minimum atomic E-state index is 0.557. The average molecular weight is 328 g/mol. The van der Waals surface area contributed by atoms with E-state index in [0.717, 1.165) is 24.0 Å². The molecule has 6 rings (SSSR count). The number of piperidine rings is 4. The number of fused-ring (bicyclic) bond motifs is 4. The van der Waals surface area contributed by atoms with Crippen molar-refractivity contribution >= 4 is 0 Å². The van der Waals surface area contributed by atoms with Crippen LogP contribution in [0.3, 0.4) is 0 Å². The van der Waals surface area contributed by atoms with Crippen LogP contribution in [0.25, 0.3) is 0 Å². The third-order valence-electron chi connectivity index (χ3n) is 8.51. The van der Waals surface area contributed by atoms with Crippen LogP contribution < -0.4 is 0 Å². The van der Waals surface area contributed by atoms with Crippen molar-refractivity contribution in [1.29, 1.82) is 0 Å². The van der Waals surface area contributed by atoms with Crippen molar-refractivity contribution in [3.63, 3.8) is 0 Å². The summed E-state index contributed by atoms with van der Waals surface area (Å²) in [5, 5.41) is 0. The van der Waals surface area contributed by atoms with E-state index >= 15 is 0 Å². The van der Waals surface area contributed by atoms with Gasteiger partial charge in [0.15, 0.2) is 0 Å². The third-order valence-corrected chi connectivity index (χ3v) is 8.51. The van der Waals surface area contributed by atoms with Gasteiger partial charge in [-0.05, 0) is 64.0 Å². The minimum Gasteiger partial charge on any atom is -0.299 e. The molecule has 5 aliphatic heterocycles. The molecule has 5 unspecified atom stereocenters. The van der Waals surface area contributed by atoms with E-state index < -0.39 is 0 Å². The van der Waals surface area contributed by atoms with E-state index in [4.69, 9.17) is 0 Å². The normalized spacial score (nSPS) is 48.9. The summed E-state index contributed by atoms with van der Waals surface area (Å²) in [7, 11) is 0. The third kappa shape index (κ3) is 1.90. The highest BCUT2D eigenvalue weighted by Gasteiger charge is 2.61. The van der Waals surface area contributed by atoms with Crippen molar-refractivity contribution < 1.29 is 0 Å². The first-order valence-electron chi connectivity index (χ1n) is 10.8. The van der Waals surface area contributed by atoms with Crippen LogP contribution in [-0.2, 0) is 0 Å². The van der Waals surface area contributed by atoms with Crippen molar-refractivity contribution in [2.75, 3.05) is 32.8 Å². The summed E-state index contributed by atoms with van der Waals surface area (Å²) in [5.74, 6) is 0.868. The predicted molar refractivity (Wildman–Crippen MR) is 96.8 cm³/mol. The summed E-state index contributed by atoms with van der Waals surface area (Å²) in [5.41, 5.74) is 2.43. The van der Waals surface area contributed by atoms with Crippen molar-refractivity contribution in [2.45, 2.75) is 75.9 Å². The van der Waals surface area contributed by atoms with Crippen LogP contribution in [-0.4, -0.2) is 65.7 Å². The van der Waals surface area contributed by atoms with E-state index in [1.165, 1.54) is 90.6 Å². The molecule has 5 fully saturated rings. The monoisotopic (exact) mass is 327 g/mol. The topological polar surface area (TPSA) is 9.72 Å². The zero-order chi connectivity index (χ0) is 15.7. The molecule has 0 aromatic carbocycles. The van der Waals surface area contributed by atoms with Gasteiger partial charge in [-0.2, -0.15) is 0 Å². The molecule has 3 heteroatoms. The van der Waals surface area contributed by atoms with Gasteiger partial charge < -0.3 is 0 Å². The van der Waals surface area contributed by atoms with Gasteiger partial charge in [0, 0.05) is 36.6 Å². The summed E-state index contributed by atoms with van der Waals surface area (Å²) in [4.78, 5) is 8.77. The molecule has 1 spiro atoms. The van der Waals surface area contributed by atoms with Gasteiger partial charge in [0.05, 0.1) is 6.67 Å². The molecule has 5 atom stereocenters. The second-order valence-corrected chi connectivity index (χ2v) is 9.66. The van der Waals surface area contributed by atoms with Gasteiger partial charge in [0.1, 0.15) is 0 Å². The van der Waals surface area contributed by atoms with Crippen molar-refractivity contribution in [3.05, 3.63) is 11.6 Å². The lowest BCUT2D eigenvalue weighted by molar-refractivity contribution is -0.165. The Kier molecular flexibility index (Phi) is 3.26. The Bertz CT molecular complexity index is 557. The molecule has 132 valence electrons. The molecule has 5 heterocycles. The molecule has 3 nitrogen and oxygen atoms in total. The first-order chi connectivity index (χ1) is 11.9. The van der Waals surface area contributed by atoms with Gasteiger partial charge in [-0.15, -0.1) is 0 Å². The Labute approximate surface area is 147 Å². The highest BCUT2D eigenvalue weighted by atomic mass is 15.4. The second-order valence-electron chi connectivity index (χ2n) is 9.66. The largest absolute Gasteiger partial charge is 0.299 e. The minimum absolute atomic E-state index is 0.557. The van der Waals surface area contributed by atoms with Gasteiger partial charge in [0.25, 0.3) is 0 Å². The fourth-order valence-electron chi connectivity index (χ4n) is 7.87. The van der Waals surface area contributed by atoms with E-state index in [0.29, 0.717) is 5.41 Å². The lowest BCUT2D eigenvalue weighted by Gasteiger charge is -2.68. The molecule has 0 radical (unpaired) electrons. The van der Waals surface area contributed by atoms with Crippen molar-refractivity contribution in [3.8, 4) is 0 Å². The van der Waals surface area contributed by atoms with E-state index in [-0.39, 0.29) is 0 Å². The Balaban J connectivity index is 1.47. The molecule has 5 saturated heterocycles. The summed E-state index contributed by atoms with van der Waals surface area (Å²) in [6.07, 6.45) is 15.9. The maximum absolute atomic E-state index is 2.95. The molecule has 0 N–H and O–H groups in total. The first kappa shape index (κ1) is 14.8. The van der Waals surface area contributed by atoms with Crippen LogP contribution in [0.4, 0.5) is 0 Å². The van der Waals surface area contributed by atoms with Crippen LogP contribution in [0.15, 0.2) is 11.6 Å². The molecular weight excluding hydrogens is 294 g/mol. The van der Waals surface area contributed by atoms with E-state index in [9.17, 15) is 0 Å². The number of nitrogens with zero attached hydrogens (tertiary/aromatic N) is 3. The predicted octanol–water partition coefficient (Wildman–Crippen LogP) is 3.08. The molecule has 0 aromatic rings. The quantitative estimate of drug-likeness (QED) is 0.633. The summed E-state index contributed by atoms with van der Waals surface area (Å²) >= 11 is 0. The lowest BCUT2D eigenvalue weighted by Crippen LogP contribution is -2.75. The molecule has 0 saturated carbocycles. The first-order valence-corrected chi connectivity index (χ1v) is 10.8. The summed E-state index contributed by atoms with van der Waals surface area (Å²) < 4.78 is 0. The fourth-order valence-corrected chi connectivity index (χ4v) is 7.87. The molecule has 24 heavy (non-hydrogen) atoms. The van der Waals surface area contributed by atoms with E-state index in [1.807, 2.05) is 5.57 Å². The van der Waals surface area contributed by atoms with E-state index in [1.54, 1.807) is 0 Å². The zero-order valence-corrected chi connectivity index (χ0v) is 15.1. The average Bonchev–Trinajstić information content (AvgIpc) is 2.62. The number of rotatable bonds is 0. The number of hydrogen-bond donors (Lipinski definition) is 0. The SMILES string of the molecule is C1=C2CCCN3CN4CCCCC4C4(CC1C1CCCCN1C4)C23. The molecule has 1 aliphatic carbocycles. The molecule has 0 amide bonds. The lowest BCUT2D eigenvalue weighted by atomic mass is 9.54. The highest BCUT2D eigenvalue weighted by molar-refractivity contribution is 5.31. The Hall–Kier alpha value is -0.380. The zero-order valence-electron chi connectivity index (χ0n) is 15.1. The molecule has 0 aromatic heterocycles. The maximum Gasteiger partial charge on any atom is 0.0514 e. The summed E-state index contributed by atoms with van der Waals surface area (Å²) in [6, 6.07) is 2.55. The van der Waals surface area contributed by atoms with Crippen LogP contribution in [0.1, 0.15) is 57.8 Å². The van der Waals surface area contributed by atoms with Gasteiger partial charge in [-0.1, -0.05) is 24.5 Å². The van der Waals surface area contributed by atoms with Gasteiger partial charge in [-0.3, -0.25) is 14.7 Å². The van der Waals surface area contributed by atoms with Gasteiger partial charge >= 0.3 is 0 Å². The van der Waals surface area contributed by atoms with Gasteiger partial charge in [-0.25, -0.2) is 0 Å². The van der Waals surface area contributed by atoms with Crippen molar-refractivity contribution in [2.24, 2.45) is 11.3 Å². The van der Waals surface area contributed by atoms with Crippen LogP contribution in [0, 0.1) is 11.3 Å². The highest BCUT2D eigenvalue weighted by Crippen LogP contribution is 2.57. The standard InChI is InChI=1S/C21H33N3/c1-3-9-22-14-21-13-17(18(22)7-1)12-16-6-5-11-24(20(16)21)15-23-10-4-2-8-19(21)23/h12,17-20H,1-11,13-15H2. The van der Waals surface area contributed by atoms with Gasteiger partial charge in [0.2, 0.25) is 0 Å². The van der Waals surface area contributed by atoms with Crippen molar-refractivity contribution in [1.82, 2.24) is 14.7 Å². The second kappa shape index (κ2) is 5.31. The maximum atomic E-state index is 2.95. The summed E-state index contributed by atoms with van der Waals surface area (Å²) in [6.45, 7) is 6.77. The van der Waals surface area contributed by atoms with Crippen LogP contribution >= 0.6 is 0 Å².